The quantitative estimate of drug-likeness (QED) is 0.896. The normalized spacial score (nSPS) is 17.4. The predicted molar refractivity (Wildman–Crippen MR) is 77.6 cm³/mol. The van der Waals surface area contributed by atoms with E-state index in [0.717, 1.165) is 18.7 Å². The Kier molecular flexibility index (Phi) is 8.71. The van der Waals surface area contributed by atoms with Gasteiger partial charge >= 0.3 is 0 Å². The molecule has 0 spiro atoms. The summed E-state index contributed by atoms with van der Waals surface area (Å²) >= 11 is 0. The van der Waals surface area contributed by atoms with Gasteiger partial charge in [-0.3, -0.25) is 9.78 Å². The van der Waals surface area contributed by atoms with Gasteiger partial charge in [0.15, 0.2) is 0 Å². The highest BCUT2D eigenvalue weighted by atomic mass is 35.5. The lowest BCUT2D eigenvalue weighted by atomic mass is 10.1. The maximum absolute atomic E-state index is 11.6. The van der Waals surface area contributed by atoms with Crippen molar-refractivity contribution in [3.8, 4) is 0 Å². The second-order valence-electron chi connectivity index (χ2n) is 4.12. The van der Waals surface area contributed by atoms with Crippen LogP contribution in [0.4, 0.5) is 5.69 Å². The van der Waals surface area contributed by atoms with Crippen molar-refractivity contribution < 1.29 is 4.79 Å². The average molecular weight is 292 g/mol. The van der Waals surface area contributed by atoms with Crippen LogP contribution in [0.1, 0.15) is 25.7 Å². The molecule has 0 radical (unpaired) electrons. The topological polar surface area (TPSA) is 54.0 Å². The van der Waals surface area contributed by atoms with Gasteiger partial charge in [0, 0.05) is 30.5 Å². The lowest BCUT2D eigenvalue weighted by molar-refractivity contribution is -0.116. The number of hydrogen-bond donors (Lipinski definition) is 2. The lowest BCUT2D eigenvalue weighted by Gasteiger charge is -2.09. The van der Waals surface area contributed by atoms with Crippen LogP contribution in [0.25, 0.3) is 0 Å². The number of anilines is 1. The Morgan fingerprint density at radius 3 is 2.72 bits per heavy atom. The molecule has 1 amide bonds. The Morgan fingerprint density at radius 1 is 1.39 bits per heavy atom. The summed E-state index contributed by atoms with van der Waals surface area (Å²) in [4.78, 5) is 15.5. The molecular formula is C12H19Cl2N3O. The number of carbonyl (C=O) groups is 1. The van der Waals surface area contributed by atoms with E-state index in [4.69, 9.17) is 0 Å². The number of amides is 1. The Balaban J connectivity index is 0.00000144. The number of pyridine rings is 1. The molecule has 0 aliphatic carbocycles. The first-order valence-corrected chi connectivity index (χ1v) is 5.78. The van der Waals surface area contributed by atoms with Crippen LogP contribution < -0.4 is 10.6 Å². The second kappa shape index (κ2) is 9.14. The molecule has 0 aromatic carbocycles. The molecule has 2 rings (SSSR count). The molecule has 1 aliphatic heterocycles. The summed E-state index contributed by atoms with van der Waals surface area (Å²) in [7, 11) is 0. The van der Waals surface area contributed by atoms with Gasteiger partial charge in [-0.2, -0.15) is 0 Å². The highest BCUT2D eigenvalue weighted by Crippen LogP contribution is 2.11. The van der Waals surface area contributed by atoms with Gasteiger partial charge in [-0.1, -0.05) is 0 Å². The minimum absolute atomic E-state index is 0. The number of hydrogen-bond acceptors (Lipinski definition) is 3. The van der Waals surface area contributed by atoms with Crippen molar-refractivity contribution >= 4 is 36.4 Å². The number of rotatable bonds is 4. The average Bonchev–Trinajstić information content (AvgIpc) is 2.81. The number of aromatic nitrogens is 1. The SMILES string of the molecule is Cl.Cl.O=C(CCC1CCCN1)Nc1ccncc1. The largest absolute Gasteiger partial charge is 0.326 e. The number of carbonyl (C=O) groups excluding carboxylic acids is 1. The van der Waals surface area contributed by atoms with Crippen molar-refractivity contribution in [2.75, 3.05) is 11.9 Å². The zero-order valence-corrected chi connectivity index (χ0v) is 11.7. The monoisotopic (exact) mass is 291 g/mol. The second-order valence-corrected chi connectivity index (χ2v) is 4.12. The van der Waals surface area contributed by atoms with E-state index in [0.29, 0.717) is 12.5 Å². The minimum Gasteiger partial charge on any atom is -0.326 e. The zero-order chi connectivity index (χ0) is 11.2. The Morgan fingerprint density at radius 2 is 2.11 bits per heavy atom. The highest BCUT2D eigenvalue weighted by molar-refractivity contribution is 5.90. The van der Waals surface area contributed by atoms with Crippen LogP contribution in [0.2, 0.25) is 0 Å². The van der Waals surface area contributed by atoms with Gasteiger partial charge in [0.25, 0.3) is 0 Å². The molecule has 2 N–H and O–H groups in total. The van der Waals surface area contributed by atoms with Crippen LogP contribution in [0.3, 0.4) is 0 Å². The fourth-order valence-corrected chi connectivity index (χ4v) is 1.97. The summed E-state index contributed by atoms with van der Waals surface area (Å²) in [5, 5.41) is 6.24. The molecule has 2 heterocycles. The van der Waals surface area contributed by atoms with Crippen molar-refractivity contribution in [1.29, 1.82) is 0 Å². The predicted octanol–water partition coefficient (Wildman–Crippen LogP) is 2.40. The van der Waals surface area contributed by atoms with E-state index in [2.05, 4.69) is 15.6 Å². The van der Waals surface area contributed by atoms with Crippen LogP contribution in [-0.2, 0) is 4.79 Å². The Hall–Kier alpha value is -0.840. The fraction of sp³-hybridized carbons (Fsp3) is 0.500. The van der Waals surface area contributed by atoms with E-state index in [1.54, 1.807) is 24.5 Å². The molecule has 1 aromatic heterocycles. The van der Waals surface area contributed by atoms with Gasteiger partial charge < -0.3 is 10.6 Å². The molecule has 4 nitrogen and oxygen atoms in total. The van der Waals surface area contributed by atoms with Gasteiger partial charge in [-0.05, 0) is 37.9 Å². The molecule has 1 saturated heterocycles. The van der Waals surface area contributed by atoms with Crippen molar-refractivity contribution in [3.05, 3.63) is 24.5 Å². The lowest BCUT2D eigenvalue weighted by Crippen LogP contribution is -2.23. The molecule has 1 fully saturated rings. The number of nitrogens with one attached hydrogen (secondary N) is 2. The fourth-order valence-electron chi connectivity index (χ4n) is 1.97. The first-order valence-electron chi connectivity index (χ1n) is 5.78. The van der Waals surface area contributed by atoms with Crippen molar-refractivity contribution in [2.24, 2.45) is 0 Å². The summed E-state index contributed by atoms with van der Waals surface area (Å²) in [6.45, 7) is 1.09. The van der Waals surface area contributed by atoms with E-state index in [1.807, 2.05) is 0 Å². The molecule has 18 heavy (non-hydrogen) atoms. The van der Waals surface area contributed by atoms with Crippen LogP contribution in [0, 0.1) is 0 Å². The van der Waals surface area contributed by atoms with E-state index in [-0.39, 0.29) is 30.7 Å². The van der Waals surface area contributed by atoms with Crippen molar-refractivity contribution in [1.82, 2.24) is 10.3 Å². The molecule has 1 aromatic rings. The van der Waals surface area contributed by atoms with Gasteiger partial charge in [-0.15, -0.1) is 24.8 Å². The Labute approximate surface area is 120 Å². The zero-order valence-electron chi connectivity index (χ0n) is 10.1. The van der Waals surface area contributed by atoms with Crippen LogP contribution >= 0.6 is 24.8 Å². The van der Waals surface area contributed by atoms with Crippen molar-refractivity contribution in [2.45, 2.75) is 31.7 Å². The maximum atomic E-state index is 11.6. The maximum Gasteiger partial charge on any atom is 0.224 e. The van der Waals surface area contributed by atoms with Gasteiger partial charge in [0.2, 0.25) is 5.91 Å². The first kappa shape index (κ1) is 17.2. The smallest absolute Gasteiger partial charge is 0.224 e. The van der Waals surface area contributed by atoms with Crippen molar-refractivity contribution in [3.63, 3.8) is 0 Å². The molecular weight excluding hydrogens is 273 g/mol. The minimum atomic E-state index is 0. The first-order chi connectivity index (χ1) is 7.84. The van der Waals surface area contributed by atoms with E-state index in [1.165, 1.54) is 12.8 Å². The van der Waals surface area contributed by atoms with Gasteiger partial charge in [-0.25, -0.2) is 0 Å². The third-order valence-corrected chi connectivity index (χ3v) is 2.85. The number of halogens is 2. The number of nitrogens with zero attached hydrogens (tertiary/aromatic N) is 1. The molecule has 102 valence electrons. The van der Waals surface area contributed by atoms with Gasteiger partial charge in [0.05, 0.1) is 0 Å². The molecule has 1 atom stereocenters. The third kappa shape index (κ3) is 5.67. The van der Waals surface area contributed by atoms with Crippen LogP contribution in [-0.4, -0.2) is 23.5 Å². The summed E-state index contributed by atoms with van der Waals surface area (Å²) in [5.41, 5.74) is 0.819. The standard InChI is InChI=1S/C12H17N3O.2ClH/c16-12(4-3-10-2-1-7-14-10)15-11-5-8-13-9-6-11;;/h5-6,8-10,14H,1-4,7H2,(H,13,15,16);2*1H. The molecule has 0 bridgehead atoms. The summed E-state index contributed by atoms with van der Waals surface area (Å²) in [6.07, 6.45) is 7.29. The van der Waals surface area contributed by atoms with E-state index in [9.17, 15) is 4.79 Å². The molecule has 1 aliphatic rings. The van der Waals surface area contributed by atoms with Crippen LogP contribution in [0.5, 0.6) is 0 Å². The van der Waals surface area contributed by atoms with E-state index < -0.39 is 0 Å². The summed E-state index contributed by atoms with van der Waals surface area (Å²) in [6, 6.07) is 4.13. The third-order valence-electron chi connectivity index (χ3n) is 2.85. The summed E-state index contributed by atoms with van der Waals surface area (Å²) in [5.74, 6) is 0.0832. The Bertz CT molecular complexity index is 342. The summed E-state index contributed by atoms with van der Waals surface area (Å²) < 4.78 is 0. The van der Waals surface area contributed by atoms with Gasteiger partial charge in [0.1, 0.15) is 0 Å². The highest BCUT2D eigenvalue weighted by Gasteiger charge is 2.15. The molecule has 6 heteroatoms. The molecule has 1 unspecified atom stereocenters. The van der Waals surface area contributed by atoms with E-state index >= 15 is 0 Å². The van der Waals surface area contributed by atoms with Crippen LogP contribution in [0.15, 0.2) is 24.5 Å². The molecule has 0 saturated carbocycles.